The Morgan fingerprint density at radius 2 is 1.76 bits per heavy atom. The van der Waals surface area contributed by atoms with Crippen LogP contribution in [0.4, 0.5) is 28.3 Å². The van der Waals surface area contributed by atoms with Crippen molar-refractivity contribution in [3.05, 3.63) is 47.5 Å². The van der Waals surface area contributed by atoms with Crippen LogP contribution in [0.1, 0.15) is 43.2 Å². The van der Waals surface area contributed by atoms with E-state index in [0.29, 0.717) is 118 Å². The van der Waals surface area contributed by atoms with Crippen LogP contribution in [0.15, 0.2) is 30.6 Å². The third-order valence-electron chi connectivity index (χ3n) is 11.1. The average Bonchev–Trinajstić information content (AvgIpc) is 3.91. The lowest BCUT2D eigenvalue weighted by atomic mass is 9.95. The molecule has 4 aliphatic rings. The number of terminal acetylenes is 1. The molecule has 0 spiro atoms. The molecule has 4 fully saturated rings. The minimum atomic E-state index is -4.16. The Kier molecular flexibility index (Phi) is 10.4. The summed E-state index contributed by atoms with van der Waals surface area (Å²) in [6.07, 6.45) is 5.60. The van der Waals surface area contributed by atoms with Gasteiger partial charge in [-0.3, -0.25) is 0 Å². The van der Waals surface area contributed by atoms with E-state index in [2.05, 4.69) is 10.8 Å². The Morgan fingerprint density at radius 3 is 2.51 bits per heavy atom. The van der Waals surface area contributed by atoms with E-state index in [9.17, 15) is 18.0 Å². The number of ether oxygens (including phenoxy) is 4. The fraction of sp³-hybridized carbons (Fsp3) is 0.538. The van der Waals surface area contributed by atoms with E-state index >= 15 is 4.39 Å². The Labute approximate surface area is 315 Å². The highest BCUT2D eigenvalue weighted by molar-refractivity contribution is 5.93. The predicted molar refractivity (Wildman–Crippen MR) is 195 cm³/mol. The number of morpholine rings is 1. The van der Waals surface area contributed by atoms with Crippen LogP contribution in [-0.2, 0) is 16.0 Å². The number of nitrogens with zero attached hydrogens (tertiary/aromatic N) is 7. The van der Waals surface area contributed by atoms with Crippen molar-refractivity contribution in [1.82, 2.24) is 29.3 Å². The second-order valence-corrected chi connectivity index (χ2v) is 14.9. The van der Waals surface area contributed by atoms with Crippen molar-refractivity contribution >= 4 is 34.0 Å². The van der Waals surface area contributed by atoms with Gasteiger partial charge >= 0.3 is 12.3 Å². The van der Waals surface area contributed by atoms with Crippen molar-refractivity contribution in [3.63, 3.8) is 0 Å². The first kappa shape index (κ1) is 37.2. The summed E-state index contributed by atoms with van der Waals surface area (Å²) in [5.74, 6) is 1.74. The van der Waals surface area contributed by atoms with Gasteiger partial charge in [-0.15, -0.1) is 6.42 Å². The summed E-state index contributed by atoms with van der Waals surface area (Å²) in [5.41, 5.74) is 1.40. The van der Waals surface area contributed by atoms with E-state index < -0.39 is 24.0 Å². The first-order valence-corrected chi connectivity index (χ1v) is 18.8. The number of likely N-dealkylation sites (tertiary alicyclic amines) is 1. The van der Waals surface area contributed by atoms with Gasteiger partial charge < -0.3 is 38.2 Å². The number of rotatable bonds is 9. The quantitative estimate of drug-likeness (QED) is 0.157. The van der Waals surface area contributed by atoms with Gasteiger partial charge in [0.15, 0.2) is 11.2 Å². The largest absolute Gasteiger partial charge is 0.475 e. The molecule has 8 rings (SSSR count). The highest BCUT2D eigenvalue weighted by Gasteiger charge is 2.47. The van der Waals surface area contributed by atoms with Gasteiger partial charge in [-0.2, -0.15) is 23.1 Å². The minimum Gasteiger partial charge on any atom is -0.475 e. The van der Waals surface area contributed by atoms with E-state index in [1.807, 2.05) is 9.47 Å². The first-order chi connectivity index (χ1) is 26.6. The number of amides is 1. The highest BCUT2D eigenvalue weighted by Crippen LogP contribution is 2.48. The fourth-order valence-corrected chi connectivity index (χ4v) is 7.77. The molecule has 0 atom stereocenters. The highest BCUT2D eigenvalue weighted by atomic mass is 19.4. The van der Waals surface area contributed by atoms with Crippen LogP contribution in [-0.4, -0.2) is 120 Å². The van der Waals surface area contributed by atoms with E-state index in [4.69, 9.17) is 40.3 Å². The number of anilines is 1. The van der Waals surface area contributed by atoms with E-state index in [0.717, 1.165) is 19.3 Å². The standard InChI is InChI=1S/C39H43F4N7O5/c1-2-30-31(40)5-4-26-20-29(55-37(51)49-14-18-53-19-15-49)21-27(32(26)30)22-50-25-44-33-34(50)45-36(48-10-3-16-52-17-13-48)46-35(33)54-24-38(8-9-38)23-47-11-6-28(7-12-47)39(41,42)43/h1,4-5,20-21,25,28H,3,6-19,22-24H2. The molecule has 2 aromatic heterocycles. The Balaban J connectivity index is 1.10. The number of carbonyl (C=O) groups excluding carboxylic acids is 1. The summed E-state index contributed by atoms with van der Waals surface area (Å²) in [6, 6.07) is 6.26. The maximum Gasteiger partial charge on any atom is 0.415 e. The van der Waals surface area contributed by atoms with Gasteiger partial charge in [0.05, 0.1) is 50.8 Å². The molecule has 12 nitrogen and oxygen atoms in total. The Hall–Kier alpha value is -4.72. The second-order valence-electron chi connectivity index (χ2n) is 14.9. The van der Waals surface area contributed by atoms with E-state index in [1.165, 1.54) is 6.07 Å². The van der Waals surface area contributed by atoms with Crippen molar-refractivity contribution in [1.29, 1.82) is 0 Å². The maximum atomic E-state index is 15.2. The van der Waals surface area contributed by atoms with Gasteiger partial charge in [0.25, 0.3) is 0 Å². The van der Waals surface area contributed by atoms with Crippen molar-refractivity contribution < 1.29 is 41.3 Å². The van der Waals surface area contributed by atoms with Gasteiger partial charge in [-0.25, -0.2) is 14.2 Å². The number of alkyl halides is 3. The molecule has 0 radical (unpaired) electrons. The molecule has 5 heterocycles. The van der Waals surface area contributed by atoms with Crippen LogP contribution in [0.2, 0.25) is 0 Å². The van der Waals surface area contributed by atoms with Crippen molar-refractivity contribution in [3.8, 4) is 24.0 Å². The molecule has 4 aromatic rings. The Bertz CT molecular complexity index is 2080. The number of hydrogen-bond donors (Lipinski definition) is 0. The molecule has 1 amide bonds. The van der Waals surface area contributed by atoms with Gasteiger partial charge in [0, 0.05) is 50.1 Å². The number of benzene rings is 2. The molecule has 292 valence electrons. The number of halogens is 4. The zero-order valence-corrected chi connectivity index (χ0v) is 30.5. The van der Waals surface area contributed by atoms with Gasteiger partial charge in [0.2, 0.25) is 11.8 Å². The summed E-state index contributed by atoms with van der Waals surface area (Å²) < 4.78 is 80.3. The maximum absolute atomic E-state index is 15.2. The summed E-state index contributed by atoms with van der Waals surface area (Å²) in [6.45, 7) is 5.97. The third kappa shape index (κ3) is 8.15. The molecule has 55 heavy (non-hydrogen) atoms. The molecule has 3 aliphatic heterocycles. The monoisotopic (exact) mass is 765 g/mol. The van der Waals surface area contributed by atoms with Gasteiger partial charge in [-0.1, -0.05) is 12.0 Å². The van der Waals surface area contributed by atoms with Crippen molar-refractivity contribution in [2.75, 3.05) is 83.7 Å². The number of aromatic nitrogens is 4. The van der Waals surface area contributed by atoms with Crippen LogP contribution >= 0.6 is 0 Å². The third-order valence-corrected chi connectivity index (χ3v) is 11.1. The molecule has 0 N–H and O–H groups in total. The number of imidazole rings is 1. The molecule has 0 bridgehead atoms. The van der Waals surface area contributed by atoms with Crippen LogP contribution < -0.4 is 14.4 Å². The summed E-state index contributed by atoms with van der Waals surface area (Å²) in [4.78, 5) is 33.3. The smallest absolute Gasteiger partial charge is 0.415 e. The van der Waals surface area contributed by atoms with Crippen molar-refractivity contribution in [2.45, 2.75) is 44.8 Å². The van der Waals surface area contributed by atoms with Crippen LogP contribution in [0.25, 0.3) is 21.9 Å². The Morgan fingerprint density at radius 1 is 1.00 bits per heavy atom. The number of fused-ring (bicyclic) bond motifs is 2. The number of hydrogen-bond acceptors (Lipinski definition) is 10. The predicted octanol–water partition coefficient (Wildman–Crippen LogP) is 5.64. The van der Waals surface area contributed by atoms with Gasteiger partial charge in [-0.05, 0) is 74.3 Å². The zero-order chi connectivity index (χ0) is 38.2. The van der Waals surface area contributed by atoms with Crippen LogP contribution in [0.3, 0.4) is 0 Å². The molecule has 1 aliphatic carbocycles. The van der Waals surface area contributed by atoms with Crippen LogP contribution in [0.5, 0.6) is 11.6 Å². The summed E-state index contributed by atoms with van der Waals surface area (Å²) in [5, 5.41) is 1.10. The lowest BCUT2D eigenvalue weighted by molar-refractivity contribution is -0.185. The molecule has 3 saturated heterocycles. The van der Waals surface area contributed by atoms with E-state index in [-0.39, 0.29) is 36.1 Å². The number of carbonyl (C=O) groups is 1. The van der Waals surface area contributed by atoms with Crippen molar-refractivity contribution in [2.24, 2.45) is 11.3 Å². The summed E-state index contributed by atoms with van der Waals surface area (Å²) in [7, 11) is 0. The topological polar surface area (TPSA) is 107 Å². The fourth-order valence-electron chi connectivity index (χ4n) is 7.77. The average molecular weight is 766 g/mol. The minimum absolute atomic E-state index is 0.0873. The van der Waals surface area contributed by atoms with E-state index in [1.54, 1.807) is 29.4 Å². The van der Waals surface area contributed by atoms with Gasteiger partial charge in [0.1, 0.15) is 11.6 Å². The number of piperidine rings is 1. The summed E-state index contributed by atoms with van der Waals surface area (Å²) >= 11 is 0. The lowest BCUT2D eigenvalue weighted by Gasteiger charge is -2.35. The normalized spacial score (nSPS) is 19.7. The van der Waals surface area contributed by atoms with Crippen LogP contribution in [0, 0.1) is 29.5 Å². The second kappa shape index (κ2) is 15.4. The molecule has 1 saturated carbocycles. The zero-order valence-electron chi connectivity index (χ0n) is 30.5. The first-order valence-electron chi connectivity index (χ1n) is 18.8. The SMILES string of the molecule is C#Cc1c(F)ccc2cc(OC(=O)N3CCOCC3)cc(Cn3cnc4c(OCC5(CN6CCC(C(F)(F)F)CC6)CC5)nc(N5CCCOCC5)nc43)c12. The lowest BCUT2D eigenvalue weighted by Crippen LogP contribution is -2.42. The molecule has 2 aromatic carbocycles. The molecule has 16 heteroatoms. The molecular formula is C39H43F4N7O5. The molecule has 0 unspecified atom stereocenters. The molecular weight excluding hydrogens is 722 g/mol.